The van der Waals surface area contributed by atoms with Crippen molar-refractivity contribution < 1.29 is 4.39 Å². The highest BCUT2D eigenvalue weighted by Crippen LogP contribution is 2.18. The lowest BCUT2D eigenvalue weighted by Gasteiger charge is -2.11. The van der Waals surface area contributed by atoms with E-state index in [9.17, 15) is 4.39 Å². The molecule has 2 rings (SSSR count). The highest BCUT2D eigenvalue weighted by molar-refractivity contribution is 5.51. The number of nitriles is 1. The summed E-state index contributed by atoms with van der Waals surface area (Å²) in [7, 11) is 0. The number of hydrogen-bond donors (Lipinski definition) is 1. The molecule has 0 saturated carbocycles. The van der Waals surface area contributed by atoms with Gasteiger partial charge in [-0.05, 0) is 30.2 Å². The van der Waals surface area contributed by atoms with Gasteiger partial charge in [-0.15, -0.1) is 0 Å². The van der Waals surface area contributed by atoms with Gasteiger partial charge in [-0.25, -0.2) is 4.39 Å². The van der Waals surface area contributed by atoms with Crippen molar-refractivity contribution in [2.24, 2.45) is 0 Å². The summed E-state index contributed by atoms with van der Waals surface area (Å²) in [5.41, 5.74) is 3.13. The van der Waals surface area contributed by atoms with Crippen molar-refractivity contribution in [3.05, 3.63) is 65.0 Å². The second kappa shape index (κ2) is 6.01. The van der Waals surface area contributed by atoms with Gasteiger partial charge in [0.05, 0.1) is 11.6 Å². The molecule has 2 nitrogen and oxygen atoms in total. The Hall–Kier alpha value is -2.34. The molecule has 1 N–H and O–H groups in total. The van der Waals surface area contributed by atoms with Gasteiger partial charge in [0.15, 0.2) is 0 Å². The fraction of sp³-hybridized carbons (Fsp3) is 0.188. The van der Waals surface area contributed by atoms with Crippen molar-refractivity contribution in [1.82, 2.24) is 0 Å². The molecule has 2 aromatic carbocycles. The molecule has 0 radical (unpaired) electrons. The predicted octanol–water partition coefficient (Wildman–Crippen LogP) is 3.87. The van der Waals surface area contributed by atoms with E-state index in [2.05, 4.69) is 18.3 Å². The van der Waals surface area contributed by atoms with Crippen LogP contribution in [-0.2, 0) is 13.0 Å². The Labute approximate surface area is 112 Å². The van der Waals surface area contributed by atoms with Crippen molar-refractivity contribution in [1.29, 1.82) is 5.26 Å². The molecule has 2 aromatic rings. The average Bonchev–Trinajstić information content (AvgIpc) is 2.46. The van der Waals surface area contributed by atoms with Crippen LogP contribution in [0.25, 0.3) is 0 Å². The number of hydrogen-bond acceptors (Lipinski definition) is 2. The Bertz CT molecular complexity index is 614. The van der Waals surface area contributed by atoms with Crippen LogP contribution in [-0.4, -0.2) is 0 Å². The van der Waals surface area contributed by atoms with Crippen LogP contribution in [0, 0.1) is 17.1 Å². The van der Waals surface area contributed by atoms with Gasteiger partial charge in [0, 0.05) is 17.8 Å². The standard InChI is InChI=1S/C16H15FN2/c1-2-13-5-3-4-6-16(13)19-11-14-8-7-12(10-18)9-15(14)17/h3-9,19H,2,11H2,1H3. The topological polar surface area (TPSA) is 35.8 Å². The van der Waals surface area contributed by atoms with Crippen LogP contribution < -0.4 is 5.32 Å². The van der Waals surface area contributed by atoms with E-state index in [-0.39, 0.29) is 5.82 Å². The van der Waals surface area contributed by atoms with Gasteiger partial charge < -0.3 is 5.32 Å². The molecule has 0 aliphatic heterocycles. The molecule has 0 aliphatic carbocycles. The lowest BCUT2D eigenvalue weighted by molar-refractivity contribution is 0.612. The van der Waals surface area contributed by atoms with E-state index >= 15 is 0 Å². The summed E-state index contributed by atoms with van der Waals surface area (Å²) in [5.74, 6) is -0.347. The van der Waals surface area contributed by atoms with Crippen LogP contribution >= 0.6 is 0 Å². The summed E-state index contributed by atoms with van der Waals surface area (Å²) in [4.78, 5) is 0. The van der Waals surface area contributed by atoms with E-state index in [0.717, 1.165) is 12.1 Å². The number of nitrogens with zero attached hydrogens (tertiary/aromatic N) is 1. The first-order valence-electron chi connectivity index (χ1n) is 6.25. The lowest BCUT2D eigenvalue weighted by Crippen LogP contribution is -2.04. The number of benzene rings is 2. The molecule has 0 fully saturated rings. The smallest absolute Gasteiger partial charge is 0.129 e. The molecule has 0 unspecified atom stereocenters. The van der Waals surface area contributed by atoms with Crippen molar-refractivity contribution in [3.63, 3.8) is 0 Å². The first kappa shape index (κ1) is 13.1. The fourth-order valence-electron chi connectivity index (χ4n) is 1.95. The number of para-hydroxylation sites is 1. The van der Waals surface area contributed by atoms with Gasteiger partial charge in [-0.1, -0.05) is 31.2 Å². The molecule has 0 bridgehead atoms. The highest BCUT2D eigenvalue weighted by Gasteiger charge is 2.04. The first-order valence-corrected chi connectivity index (χ1v) is 6.25. The molecule has 0 amide bonds. The SMILES string of the molecule is CCc1ccccc1NCc1ccc(C#N)cc1F. The van der Waals surface area contributed by atoms with E-state index in [1.165, 1.54) is 11.6 Å². The Kier molecular flexibility index (Phi) is 4.15. The Morgan fingerprint density at radius 3 is 2.63 bits per heavy atom. The Morgan fingerprint density at radius 1 is 1.16 bits per heavy atom. The maximum Gasteiger partial charge on any atom is 0.129 e. The summed E-state index contributed by atoms with van der Waals surface area (Å²) in [6.45, 7) is 2.50. The quantitative estimate of drug-likeness (QED) is 0.899. The second-order valence-corrected chi connectivity index (χ2v) is 4.28. The fourth-order valence-corrected chi connectivity index (χ4v) is 1.95. The molecular formula is C16H15FN2. The molecule has 96 valence electrons. The first-order chi connectivity index (χ1) is 9.24. The predicted molar refractivity (Wildman–Crippen MR) is 74.3 cm³/mol. The van der Waals surface area contributed by atoms with Crippen LogP contribution in [0.5, 0.6) is 0 Å². The minimum Gasteiger partial charge on any atom is -0.381 e. The summed E-state index contributed by atoms with van der Waals surface area (Å²) in [6.07, 6.45) is 0.930. The van der Waals surface area contributed by atoms with Crippen molar-refractivity contribution in [2.75, 3.05) is 5.32 Å². The van der Waals surface area contributed by atoms with Crippen molar-refractivity contribution >= 4 is 5.69 Å². The summed E-state index contributed by atoms with van der Waals surface area (Å²) in [5, 5.41) is 11.9. The third kappa shape index (κ3) is 3.11. The number of aryl methyl sites for hydroxylation is 1. The van der Waals surface area contributed by atoms with E-state index in [4.69, 9.17) is 5.26 Å². The monoisotopic (exact) mass is 254 g/mol. The average molecular weight is 254 g/mol. The summed E-state index contributed by atoms with van der Waals surface area (Å²) in [6, 6.07) is 14.5. The van der Waals surface area contributed by atoms with Gasteiger partial charge in [0.2, 0.25) is 0 Å². The zero-order valence-corrected chi connectivity index (χ0v) is 10.8. The number of rotatable bonds is 4. The molecule has 3 heteroatoms. The van der Waals surface area contributed by atoms with Gasteiger partial charge in [0.1, 0.15) is 5.82 Å². The van der Waals surface area contributed by atoms with Crippen molar-refractivity contribution in [2.45, 2.75) is 19.9 Å². The van der Waals surface area contributed by atoms with Gasteiger partial charge in [-0.2, -0.15) is 5.26 Å². The number of anilines is 1. The van der Waals surface area contributed by atoms with E-state index < -0.39 is 0 Å². The lowest BCUT2D eigenvalue weighted by atomic mass is 10.1. The van der Waals surface area contributed by atoms with Crippen LogP contribution in [0.1, 0.15) is 23.6 Å². The zero-order valence-electron chi connectivity index (χ0n) is 10.8. The van der Waals surface area contributed by atoms with E-state index in [1.54, 1.807) is 12.1 Å². The zero-order chi connectivity index (χ0) is 13.7. The largest absolute Gasteiger partial charge is 0.381 e. The molecule has 0 aromatic heterocycles. The third-order valence-electron chi connectivity index (χ3n) is 3.05. The van der Waals surface area contributed by atoms with Gasteiger partial charge in [0.25, 0.3) is 0 Å². The maximum absolute atomic E-state index is 13.7. The summed E-state index contributed by atoms with van der Waals surface area (Å²) < 4.78 is 13.7. The maximum atomic E-state index is 13.7. The van der Waals surface area contributed by atoms with Gasteiger partial charge >= 0.3 is 0 Å². The minimum atomic E-state index is -0.347. The molecule has 0 heterocycles. The molecule has 0 aliphatic rings. The van der Waals surface area contributed by atoms with Crippen molar-refractivity contribution in [3.8, 4) is 6.07 Å². The van der Waals surface area contributed by atoms with Crippen LogP contribution in [0.3, 0.4) is 0 Å². The third-order valence-corrected chi connectivity index (χ3v) is 3.05. The van der Waals surface area contributed by atoms with Gasteiger partial charge in [-0.3, -0.25) is 0 Å². The highest BCUT2D eigenvalue weighted by atomic mass is 19.1. The Morgan fingerprint density at radius 2 is 1.95 bits per heavy atom. The second-order valence-electron chi connectivity index (χ2n) is 4.28. The van der Waals surface area contributed by atoms with Crippen LogP contribution in [0.4, 0.5) is 10.1 Å². The molecule has 19 heavy (non-hydrogen) atoms. The Balaban J connectivity index is 2.13. The minimum absolute atomic E-state index is 0.343. The van der Waals surface area contributed by atoms with Crippen LogP contribution in [0.15, 0.2) is 42.5 Å². The number of halogens is 1. The normalized spacial score (nSPS) is 9.95. The number of nitrogens with one attached hydrogen (secondary N) is 1. The summed E-state index contributed by atoms with van der Waals surface area (Å²) >= 11 is 0. The molecule has 0 saturated heterocycles. The molecule has 0 atom stereocenters. The van der Waals surface area contributed by atoms with E-state index in [0.29, 0.717) is 17.7 Å². The molecule has 0 spiro atoms. The molecular weight excluding hydrogens is 239 g/mol. The van der Waals surface area contributed by atoms with Crippen LogP contribution in [0.2, 0.25) is 0 Å². The van der Waals surface area contributed by atoms with E-state index in [1.807, 2.05) is 24.3 Å².